The maximum absolute atomic E-state index is 11.8. The Kier molecular flexibility index (Phi) is 3.40. The fourth-order valence-corrected chi connectivity index (χ4v) is 3.41. The molecule has 1 aromatic carbocycles. The Hall–Kier alpha value is -1.06. The second-order valence-electron chi connectivity index (χ2n) is 4.13. The fourth-order valence-electron chi connectivity index (χ4n) is 1.50. The first-order valence-corrected chi connectivity index (χ1v) is 7.65. The van der Waals surface area contributed by atoms with Crippen LogP contribution in [0.25, 0.3) is 0 Å². The van der Waals surface area contributed by atoms with Crippen molar-refractivity contribution in [3.8, 4) is 6.07 Å². The highest BCUT2D eigenvalue weighted by Gasteiger charge is 2.28. The summed E-state index contributed by atoms with van der Waals surface area (Å²) in [5.74, 6) is 0.432. The molecule has 0 unspecified atom stereocenters. The quantitative estimate of drug-likeness (QED) is 0.928. The number of rotatable bonds is 4. The highest BCUT2D eigenvalue weighted by atomic mass is 79.9. The van der Waals surface area contributed by atoms with Crippen molar-refractivity contribution in [1.82, 2.24) is 0 Å². The molecule has 1 fully saturated rings. The summed E-state index contributed by atoms with van der Waals surface area (Å²) < 4.78 is 26.8. The van der Waals surface area contributed by atoms with Crippen LogP contribution in [0.5, 0.6) is 0 Å². The zero-order chi connectivity index (χ0) is 12.5. The molecule has 1 N–H and O–H groups in total. The van der Waals surface area contributed by atoms with Crippen LogP contribution < -0.4 is 4.72 Å². The van der Waals surface area contributed by atoms with Crippen LogP contribution in [-0.2, 0) is 10.0 Å². The maximum Gasteiger partial charge on any atom is 0.233 e. The lowest BCUT2D eigenvalue weighted by Gasteiger charge is -2.09. The normalized spacial score (nSPS) is 15.3. The summed E-state index contributed by atoms with van der Waals surface area (Å²) in [7, 11) is -3.33. The van der Waals surface area contributed by atoms with Crippen LogP contribution in [0, 0.1) is 17.2 Å². The minimum atomic E-state index is -3.33. The van der Waals surface area contributed by atoms with E-state index in [0.29, 0.717) is 11.3 Å². The average Bonchev–Trinajstić information content (AvgIpc) is 3.03. The second kappa shape index (κ2) is 4.67. The Morgan fingerprint density at radius 1 is 1.47 bits per heavy atom. The first kappa shape index (κ1) is 12.4. The van der Waals surface area contributed by atoms with E-state index in [1.807, 2.05) is 6.07 Å². The van der Waals surface area contributed by atoms with Gasteiger partial charge < -0.3 is 0 Å². The molecule has 0 aliphatic heterocycles. The van der Waals surface area contributed by atoms with Crippen molar-refractivity contribution >= 4 is 31.6 Å². The summed E-state index contributed by atoms with van der Waals surface area (Å²) in [5.41, 5.74) is 0.662. The molecule has 6 heteroatoms. The van der Waals surface area contributed by atoms with E-state index < -0.39 is 10.0 Å². The van der Waals surface area contributed by atoms with Gasteiger partial charge in [0.2, 0.25) is 10.0 Å². The molecule has 0 bridgehead atoms. The minimum Gasteiger partial charge on any atom is -0.282 e. The molecule has 0 atom stereocenters. The lowest BCUT2D eigenvalue weighted by atomic mass is 10.2. The van der Waals surface area contributed by atoms with Crippen molar-refractivity contribution in [2.75, 3.05) is 10.5 Å². The summed E-state index contributed by atoms with van der Waals surface area (Å²) in [6.07, 6.45) is 1.96. The van der Waals surface area contributed by atoms with Gasteiger partial charge >= 0.3 is 0 Å². The number of benzene rings is 1. The van der Waals surface area contributed by atoms with Gasteiger partial charge in [0.25, 0.3) is 0 Å². The Morgan fingerprint density at radius 3 is 2.76 bits per heavy atom. The summed E-state index contributed by atoms with van der Waals surface area (Å²) in [5, 5.41) is 8.93. The van der Waals surface area contributed by atoms with Gasteiger partial charge in [-0.3, -0.25) is 4.72 Å². The molecule has 17 heavy (non-hydrogen) atoms. The van der Waals surface area contributed by atoms with Crippen molar-refractivity contribution in [2.45, 2.75) is 12.8 Å². The molecule has 0 heterocycles. The molecule has 4 nitrogen and oxygen atoms in total. The first-order valence-electron chi connectivity index (χ1n) is 5.20. The van der Waals surface area contributed by atoms with Gasteiger partial charge in [-0.25, -0.2) is 8.42 Å². The lowest BCUT2D eigenvalue weighted by molar-refractivity contribution is 0.597. The number of hydrogen-bond acceptors (Lipinski definition) is 3. The second-order valence-corrected chi connectivity index (χ2v) is 6.81. The average molecular weight is 315 g/mol. The van der Waals surface area contributed by atoms with Crippen molar-refractivity contribution in [2.24, 2.45) is 5.92 Å². The Balaban J connectivity index is 2.20. The topological polar surface area (TPSA) is 70.0 Å². The predicted octanol–water partition coefficient (Wildman–Crippen LogP) is 2.47. The molecule has 90 valence electrons. The Labute approximate surface area is 109 Å². The number of anilines is 1. The highest BCUT2D eigenvalue weighted by molar-refractivity contribution is 9.10. The number of nitrogens with one attached hydrogen (secondary N) is 1. The maximum atomic E-state index is 11.8. The van der Waals surface area contributed by atoms with E-state index in [1.54, 1.807) is 18.2 Å². The Bertz CT molecular complexity index is 574. The summed E-state index contributed by atoms with van der Waals surface area (Å²) in [6.45, 7) is 0. The van der Waals surface area contributed by atoms with E-state index in [1.165, 1.54) is 0 Å². The molecular weight excluding hydrogens is 304 g/mol. The van der Waals surface area contributed by atoms with Crippen LogP contribution in [0.1, 0.15) is 18.4 Å². The molecule has 0 spiro atoms. The van der Waals surface area contributed by atoms with Gasteiger partial charge in [-0.2, -0.15) is 5.26 Å². The van der Waals surface area contributed by atoms with E-state index >= 15 is 0 Å². The number of sulfonamides is 1. The monoisotopic (exact) mass is 314 g/mol. The third kappa shape index (κ3) is 3.45. The summed E-state index contributed by atoms with van der Waals surface area (Å²) in [6, 6.07) is 6.86. The molecule has 0 amide bonds. The largest absolute Gasteiger partial charge is 0.282 e. The van der Waals surface area contributed by atoms with Gasteiger partial charge in [-0.1, -0.05) is 15.9 Å². The molecule has 0 saturated heterocycles. The standard InChI is InChI=1S/C11H11BrN2O2S/c12-10-3-4-11(9(5-10)6-13)14-17(15,16)7-8-1-2-8/h3-5,8,14H,1-2,7H2. The number of halogens is 1. The van der Waals surface area contributed by atoms with Crippen molar-refractivity contribution in [3.63, 3.8) is 0 Å². The van der Waals surface area contributed by atoms with Gasteiger partial charge in [-0.05, 0) is 37.0 Å². The van der Waals surface area contributed by atoms with E-state index in [4.69, 9.17) is 5.26 Å². The minimum absolute atomic E-state index is 0.147. The van der Waals surface area contributed by atoms with Gasteiger partial charge in [0.1, 0.15) is 6.07 Å². The van der Waals surface area contributed by atoms with Gasteiger partial charge in [0.05, 0.1) is 17.0 Å². The molecular formula is C11H11BrN2O2S. The zero-order valence-corrected chi connectivity index (χ0v) is 11.4. The molecule has 0 aromatic heterocycles. The van der Waals surface area contributed by atoms with E-state index in [0.717, 1.165) is 17.3 Å². The molecule has 1 aliphatic rings. The van der Waals surface area contributed by atoms with Crippen LogP contribution in [0.4, 0.5) is 5.69 Å². The molecule has 0 radical (unpaired) electrons. The molecule has 1 aromatic rings. The number of nitrogens with zero attached hydrogens (tertiary/aromatic N) is 1. The molecule has 1 aliphatic carbocycles. The number of nitriles is 1. The molecule has 1 saturated carbocycles. The molecule has 2 rings (SSSR count). The predicted molar refractivity (Wildman–Crippen MR) is 69.0 cm³/mol. The van der Waals surface area contributed by atoms with E-state index in [2.05, 4.69) is 20.7 Å². The SMILES string of the molecule is N#Cc1cc(Br)ccc1NS(=O)(=O)CC1CC1. The van der Waals surface area contributed by atoms with E-state index in [9.17, 15) is 8.42 Å². The van der Waals surface area contributed by atoms with E-state index in [-0.39, 0.29) is 11.7 Å². The smallest absolute Gasteiger partial charge is 0.233 e. The number of hydrogen-bond donors (Lipinski definition) is 1. The summed E-state index contributed by atoms with van der Waals surface area (Å²) >= 11 is 3.24. The first-order chi connectivity index (χ1) is 8.00. The third-order valence-electron chi connectivity index (χ3n) is 2.52. The highest BCUT2D eigenvalue weighted by Crippen LogP contribution is 2.31. The fraction of sp³-hybridized carbons (Fsp3) is 0.364. The summed E-state index contributed by atoms with van der Waals surface area (Å²) in [4.78, 5) is 0. The van der Waals surface area contributed by atoms with Crippen LogP contribution in [-0.4, -0.2) is 14.2 Å². The van der Waals surface area contributed by atoms with Crippen LogP contribution >= 0.6 is 15.9 Å². The lowest BCUT2D eigenvalue weighted by Crippen LogP contribution is -2.18. The van der Waals surface area contributed by atoms with Crippen molar-refractivity contribution < 1.29 is 8.42 Å². The van der Waals surface area contributed by atoms with Crippen LogP contribution in [0.15, 0.2) is 22.7 Å². The third-order valence-corrected chi connectivity index (χ3v) is 4.45. The van der Waals surface area contributed by atoms with Crippen molar-refractivity contribution in [1.29, 1.82) is 5.26 Å². The Morgan fingerprint density at radius 2 is 2.18 bits per heavy atom. The zero-order valence-electron chi connectivity index (χ0n) is 8.98. The van der Waals surface area contributed by atoms with Crippen LogP contribution in [0.3, 0.4) is 0 Å². The van der Waals surface area contributed by atoms with Gasteiger partial charge in [0, 0.05) is 4.47 Å². The van der Waals surface area contributed by atoms with Gasteiger partial charge in [0.15, 0.2) is 0 Å². The van der Waals surface area contributed by atoms with Crippen molar-refractivity contribution in [3.05, 3.63) is 28.2 Å². The van der Waals surface area contributed by atoms with Crippen LogP contribution in [0.2, 0.25) is 0 Å². The van der Waals surface area contributed by atoms with Gasteiger partial charge in [-0.15, -0.1) is 0 Å².